The van der Waals surface area contributed by atoms with Gasteiger partial charge in [0.15, 0.2) is 0 Å². The summed E-state index contributed by atoms with van der Waals surface area (Å²) in [6.45, 7) is 2.42. The molecule has 88 valence electrons. The average Bonchev–Trinajstić information content (AvgIpc) is 2.83. The Morgan fingerprint density at radius 2 is 1.44 bits per heavy atom. The van der Waals surface area contributed by atoms with Gasteiger partial charge in [0.1, 0.15) is 0 Å². The van der Waals surface area contributed by atoms with Crippen molar-refractivity contribution in [2.24, 2.45) is 0 Å². The highest BCUT2D eigenvalue weighted by Gasteiger charge is 2.19. The Labute approximate surface area is 110 Å². The monoisotopic (exact) mass is 248 g/mol. The summed E-state index contributed by atoms with van der Waals surface area (Å²) in [5, 5.41) is 1.55. The zero-order chi connectivity index (χ0) is 12.4. The number of allylic oxidation sites excluding steroid dienone is 2. The third-order valence-electron chi connectivity index (χ3n) is 3.59. The van der Waals surface area contributed by atoms with Gasteiger partial charge < -0.3 is 0 Å². The summed E-state index contributed by atoms with van der Waals surface area (Å²) in [5.41, 5.74) is 3.46. The summed E-state index contributed by atoms with van der Waals surface area (Å²) in [4.78, 5) is 0. The van der Waals surface area contributed by atoms with Crippen molar-refractivity contribution in [2.45, 2.75) is 12.1 Å². The van der Waals surface area contributed by atoms with Gasteiger partial charge in [-0.3, -0.25) is 0 Å². The maximum atomic E-state index is 2.42. The molecule has 1 heteroatoms. The van der Waals surface area contributed by atoms with Crippen LogP contribution in [0.1, 0.15) is 16.7 Å². The maximum absolute atomic E-state index is 2.42. The molecule has 0 saturated heterocycles. The molecule has 1 heterocycles. The fourth-order valence-corrected chi connectivity index (χ4v) is 4.99. The number of benzene rings is 2. The minimum absolute atomic E-state index is 0.533. The molecule has 3 rings (SSSR count). The molecule has 0 aliphatic carbocycles. The summed E-state index contributed by atoms with van der Waals surface area (Å²) in [6.07, 6.45) is 4.72. The van der Waals surface area contributed by atoms with Crippen molar-refractivity contribution in [3.8, 4) is 0 Å². The van der Waals surface area contributed by atoms with Crippen molar-refractivity contribution in [1.82, 2.24) is 0 Å². The first-order chi connectivity index (χ1) is 8.86. The van der Waals surface area contributed by atoms with Crippen LogP contribution in [-0.2, 0) is 0 Å². The Kier molecular flexibility index (Phi) is 3.07. The van der Waals surface area contributed by atoms with Crippen LogP contribution in [0, 0.1) is 0 Å². The lowest BCUT2D eigenvalue weighted by Crippen LogP contribution is -2.14. The standard InChI is InChI=1S/C17H16Si/c1-18-16(14-8-4-2-5-9-14)12-13-17(18)15-10-6-3-7-11-15/h2-13,16H,1H3. The van der Waals surface area contributed by atoms with E-state index in [0.717, 1.165) is 0 Å². The fourth-order valence-electron chi connectivity index (χ4n) is 2.60. The normalized spacial score (nSPS) is 18.4. The molecule has 0 aromatic heterocycles. The Morgan fingerprint density at radius 1 is 0.833 bits per heavy atom. The molecular weight excluding hydrogens is 232 g/mol. The van der Waals surface area contributed by atoms with Gasteiger partial charge in [-0.2, -0.15) is 0 Å². The van der Waals surface area contributed by atoms with Crippen LogP contribution in [0.2, 0.25) is 6.55 Å². The molecule has 1 unspecified atom stereocenters. The molecule has 1 aliphatic heterocycles. The highest BCUT2D eigenvalue weighted by Crippen LogP contribution is 2.24. The zero-order valence-electron chi connectivity index (χ0n) is 10.5. The van der Waals surface area contributed by atoms with Gasteiger partial charge >= 0.3 is 0 Å². The van der Waals surface area contributed by atoms with Crippen molar-refractivity contribution < 1.29 is 0 Å². The zero-order valence-corrected chi connectivity index (χ0v) is 11.5. The molecular formula is C17H16Si. The van der Waals surface area contributed by atoms with Gasteiger partial charge in [-0.25, -0.2) is 0 Å². The number of hydrogen-bond acceptors (Lipinski definition) is 0. The van der Waals surface area contributed by atoms with Crippen LogP contribution in [0.5, 0.6) is 0 Å². The summed E-state index contributed by atoms with van der Waals surface area (Å²) < 4.78 is 0. The van der Waals surface area contributed by atoms with E-state index in [0.29, 0.717) is 5.54 Å². The van der Waals surface area contributed by atoms with Gasteiger partial charge in [-0.15, -0.1) is 0 Å². The molecule has 0 spiro atoms. The summed E-state index contributed by atoms with van der Waals surface area (Å²) in [6, 6.07) is 21.6. The van der Waals surface area contributed by atoms with Gasteiger partial charge in [-0.05, 0) is 16.3 Å². The lowest BCUT2D eigenvalue weighted by Gasteiger charge is -2.11. The van der Waals surface area contributed by atoms with Crippen LogP contribution in [-0.4, -0.2) is 13.6 Å². The van der Waals surface area contributed by atoms with Crippen molar-refractivity contribution >= 4 is 13.6 Å². The van der Waals surface area contributed by atoms with Crippen molar-refractivity contribution in [1.29, 1.82) is 0 Å². The fraction of sp³-hybridized carbons (Fsp3) is 0.118. The molecule has 18 heavy (non-hydrogen) atoms. The second-order valence-corrected chi connectivity index (χ2v) is 7.24. The van der Waals surface area contributed by atoms with E-state index < -0.39 is 8.41 Å². The second kappa shape index (κ2) is 4.87. The average molecular weight is 248 g/mol. The second-order valence-electron chi connectivity index (χ2n) is 4.71. The van der Waals surface area contributed by atoms with E-state index in [4.69, 9.17) is 0 Å². The SMILES string of the molecule is C[Si]1=C(c2ccccc2)C=CC1c1ccccc1. The van der Waals surface area contributed by atoms with E-state index in [1.807, 2.05) is 0 Å². The van der Waals surface area contributed by atoms with E-state index in [1.165, 1.54) is 11.1 Å². The van der Waals surface area contributed by atoms with Crippen LogP contribution in [0.4, 0.5) is 0 Å². The highest BCUT2D eigenvalue weighted by molar-refractivity contribution is 6.77. The van der Waals surface area contributed by atoms with Crippen LogP contribution in [0.3, 0.4) is 0 Å². The van der Waals surface area contributed by atoms with Crippen LogP contribution >= 0.6 is 0 Å². The predicted molar refractivity (Wildman–Crippen MR) is 80.5 cm³/mol. The molecule has 0 saturated carbocycles. The number of rotatable bonds is 2. The lowest BCUT2D eigenvalue weighted by atomic mass is 10.1. The highest BCUT2D eigenvalue weighted by atomic mass is 28.2. The Balaban J connectivity index is 2.00. The van der Waals surface area contributed by atoms with Gasteiger partial charge in [0.05, 0.1) is 0 Å². The van der Waals surface area contributed by atoms with Crippen molar-refractivity contribution in [3.05, 3.63) is 83.9 Å². The molecule has 1 aliphatic rings. The molecule has 0 N–H and O–H groups in total. The van der Waals surface area contributed by atoms with Crippen LogP contribution < -0.4 is 0 Å². The van der Waals surface area contributed by atoms with Crippen LogP contribution in [0.25, 0.3) is 0 Å². The summed E-state index contributed by atoms with van der Waals surface area (Å²) in [7, 11) is -0.533. The largest absolute Gasteiger partial charge is 0.0763 e. The molecule has 2 aromatic rings. The molecule has 2 aromatic carbocycles. The Morgan fingerprint density at radius 3 is 2.11 bits per heavy atom. The quantitative estimate of drug-likeness (QED) is 0.709. The predicted octanol–water partition coefficient (Wildman–Crippen LogP) is 3.81. The van der Waals surface area contributed by atoms with E-state index >= 15 is 0 Å². The van der Waals surface area contributed by atoms with E-state index in [9.17, 15) is 0 Å². The van der Waals surface area contributed by atoms with Gasteiger partial charge in [0.2, 0.25) is 0 Å². The minimum atomic E-state index is -0.533. The van der Waals surface area contributed by atoms with E-state index in [-0.39, 0.29) is 0 Å². The first kappa shape index (κ1) is 11.4. The Hall–Kier alpha value is -1.73. The topological polar surface area (TPSA) is 0 Å². The molecule has 0 fully saturated rings. The third kappa shape index (κ3) is 2.02. The van der Waals surface area contributed by atoms with Gasteiger partial charge in [0.25, 0.3) is 0 Å². The number of hydrogen-bond donors (Lipinski definition) is 0. The molecule has 0 bridgehead atoms. The van der Waals surface area contributed by atoms with Gasteiger partial charge in [-0.1, -0.05) is 79.4 Å². The van der Waals surface area contributed by atoms with Crippen molar-refractivity contribution in [3.63, 3.8) is 0 Å². The summed E-state index contributed by atoms with van der Waals surface area (Å²) in [5.74, 6) is 0. The maximum Gasteiger partial charge on any atom is 0.0287 e. The molecule has 1 atom stereocenters. The smallest absolute Gasteiger partial charge is 0.0287 e. The minimum Gasteiger partial charge on any atom is -0.0763 e. The van der Waals surface area contributed by atoms with Gasteiger partial charge in [0, 0.05) is 14.0 Å². The molecule has 0 nitrogen and oxygen atoms in total. The van der Waals surface area contributed by atoms with E-state index in [1.54, 1.807) is 5.17 Å². The molecule has 0 amide bonds. The first-order valence-electron chi connectivity index (χ1n) is 6.35. The third-order valence-corrected chi connectivity index (χ3v) is 6.35. The summed E-state index contributed by atoms with van der Waals surface area (Å²) >= 11 is 0. The van der Waals surface area contributed by atoms with Crippen LogP contribution in [0.15, 0.2) is 72.8 Å². The Bertz CT molecular complexity index is 594. The molecule has 0 radical (unpaired) electrons. The van der Waals surface area contributed by atoms with Crippen molar-refractivity contribution in [2.75, 3.05) is 0 Å². The van der Waals surface area contributed by atoms with E-state index in [2.05, 4.69) is 79.4 Å². The lowest BCUT2D eigenvalue weighted by molar-refractivity contribution is 1.20. The first-order valence-corrected chi connectivity index (χ1v) is 8.43.